The van der Waals surface area contributed by atoms with Crippen LogP contribution in [0.4, 0.5) is 11.5 Å². The number of carbonyl (C=O) groups is 1. The molecule has 1 spiro atoms. The van der Waals surface area contributed by atoms with Crippen LogP contribution >= 0.6 is 11.6 Å². The van der Waals surface area contributed by atoms with Crippen LogP contribution in [0.2, 0.25) is 5.02 Å². The number of hydrogen-bond acceptors (Lipinski definition) is 4. The lowest BCUT2D eigenvalue weighted by Crippen LogP contribution is -2.44. The number of nitrogens with one attached hydrogen (secondary N) is 1. The lowest BCUT2D eigenvalue weighted by atomic mass is 9.77. The minimum atomic E-state index is -0.200. The Labute approximate surface area is 152 Å². The molecule has 2 aliphatic heterocycles. The van der Waals surface area contributed by atoms with Gasteiger partial charge in [0, 0.05) is 31.4 Å². The summed E-state index contributed by atoms with van der Waals surface area (Å²) in [6, 6.07) is 10.1. The van der Waals surface area contributed by atoms with Crippen molar-refractivity contribution < 1.29 is 4.79 Å². The maximum Gasteiger partial charge on any atom is 0.226 e. The molecule has 0 unspecified atom stereocenters. The number of nitrogens with two attached hydrogens (primary N) is 1. The van der Waals surface area contributed by atoms with Crippen LogP contribution in [0.3, 0.4) is 0 Å². The molecule has 5 nitrogen and oxygen atoms in total. The quantitative estimate of drug-likeness (QED) is 0.867. The maximum absolute atomic E-state index is 12.2. The molecule has 1 aromatic carbocycles. The van der Waals surface area contributed by atoms with Crippen molar-refractivity contribution in [3.63, 3.8) is 0 Å². The molecule has 1 aromatic heterocycles. The number of benzene rings is 1. The summed E-state index contributed by atoms with van der Waals surface area (Å²) in [6.45, 7) is 2.36. The third-order valence-corrected chi connectivity index (χ3v) is 5.89. The lowest BCUT2D eigenvalue weighted by Gasteiger charge is -2.39. The highest BCUT2D eigenvalue weighted by molar-refractivity contribution is 6.36. The first kappa shape index (κ1) is 16.2. The van der Waals surface area contributed by atoms with Crippen molar-refractivity contribution in [2.45, 2.75) is 19.3 Å². The van der Waals surface area contributed by atoms with Gasteiger partial charge in [0.25, 0.3) is 0 Å². The fraction of sp³-hybridized carbons (Fsp3) is 0.368. The predicted molar refractivity (Wildman–Crippen MR) is 101 cm³/mol. The first-order valence-electron chi connectivity index (χ1n) is 8.63. The van der Waals surface area contributed by atoms with Crippen LogP contribution in [0.25, 0.3) is 11.1 Å². The van der Waals surface area contributed by atoms with Gasteiger partial charge in [-0.1, -0.05) is 41.9 Å². The molecule has 3 N–H and O–H groups in total. The summed E-state index contributed by atoms with van der Waals surface area (Å²) >= 11 is 6.55. The molecule has 2 saturated heterocycles. The van der Waals surface area contributed by atoms with Gasteiger partial charge in [0.05, 0.1) is 11.1 Å². The van der Waals surface area contributed by atoms with Gasteiger partial charge in [0.1, 0.15) is 10.8 Å². The summed E-state index contributed by atoms with van der Waals surface area (Å²) < 4.78 is 0. The van der Waals surface area contributed by atoms with Gasteiger partial charge in [-0.2, -0.15) is 0 Å². The number of nitrogens with zero attached hydrogens (tertiary/aromatic N) is 2. The van der Waals surface area contributed by atoms with Crippen molar-refractivity contribution in [1.82, 2.24) is 10.3 Å². The normalized spacial score (nSPS) is 19.2. The topological polar surface area (TPSA) is 71.2 Å². The summed E-state index contributed by atoms with van der Waals surface area (Å²) in [5.74, 6) is 0.547. The van der Waals surface area contributed by atoms with Crippen LogP contribution in [0, 0.1) is 5.41 Å². The summed E-state index contributed by atoms with van der Waals surface area (Å²) in [5, 5.41) is 3.47. The van der Waals surface area contributed by atoms with Gasteiger partial charge < -0.3 is 16.0 Å². The molecule has 2 aliphatic rings. The van der Waals surface area contributed by atoms with E-state index in [1.807, 2.05) is 30.3 Å². The van der Waals surface area contributed by atoms with Crippen LogP contribution in [-0.2, 0) is 4.79 Å². The average molecular weight is 357 g/mol. The zero-order valence-corrected chi connectivity index (χ0v) is 14.7. The molecule has 0 radical (unpaired) electrons. The van der Waals surface area contributed by atoms with E-state index in [2.05, 4.69) is 15.2 Å². The molecule has 6 heteroatoms. The van der Waals surface area contributed by atoms with Gasteiger partial charge in [-0.05, 0) is 24.8 Å². The molecule has 3 heterocycles. The van der Waals surface area contributed by atoms with Gasteiger partial charge in [0.15, 0.2) is 0 Å². The smallest absolute Gasteiger partial charge is 0.226 e. The number of amides is 1. The van der Waals surface area contributed by atoms with E-state index in [0.717, 1.165) is 55.7 Å². The van der Waals surface area contributed by atoms with Gasteiger partial charge >= 0.3 is 0 Å². The Kier molecular flexibility index (Phi) is 4.04. The number of piperidine rings is 1. The third kappa shape index (κ3) is 2.72. The first-order valence-corrected chi connectivity index (χ1v) is 9.01. The number of anilines is 2. The van der Waals surface area contributed by atoms with Crippen LogP contribution in [0.1, 0.15) is 19.3 Å². The monoisotopic (exact) mass is 356 g/mol. The SMILES string of the molecule is Nc1ncc(-c2ccccc2)c(N2CCC3(CCNC3=O)CC2)c1Cl. The van der Waals surface area contributed by atoms with Crippen molar-refractivity contribution in [2.24, 2.45) is 5.41 Å². The molecular weight excluding hydrogens is 336 g/mol. The van der Waals surface area contributed by atoms with E-state index in [-0.39, 0.29) is 11.3 Å². The van der Waals surface area contributed by atoms with Crippen LogP contribution in [0.15, 0.2) is 36.5 Å². The minimum absolute atomic E-state index is 0.200. The molecule has 0 saturated carbocycles. The van der Waals surface area contributed by atoms with Crippen molar-refractivity contribution in [2.75, 3.05) is 30.3 Å². The van der Waals surface area contributed by atoms with E-state index < -0.39 is 0 Å². The largest absolute Gasteiger partial charge is 0.382 e. The van der Waals surface area contributed by atoms with Crippen LogP contribution in [0.5, 0.6) is 0 Å². The highest BCUT2D eigenvalue weighted by Crippen LogP contribution is 2.44. The second kappa shape index (κ2) is 6.23. The Morgan fingerprint density at radius 1 is 1.16 bits per heavy atom. The minimum Gasteiger partial charge on any atom is -0.382 e. The predicted octanol–water partition coefficient (Wildman–Crippen LogP) is 3.09. The van der Waals surface area contributed by atoms with Gasteiger partial charge in [0.2, 0.25) is 5.91 Å². The van der Waals surface area contributed by atoms with Gasteiger partial charge in [-0.25, -0.2) is 4.98 Å². The van der Waals surface area contributed by atoms with Gasteiger partial charge in [-0.3, -0.25) is 4.79 Å². The molecule has 0 aliphatic carbocycles. The number of pyridine rings is 1. The Balaban J connectivity index is 1.69. The van der Waals surface area contributed by atoms with E-state index >= 15 is 0 Å². The zero-order valence-electron chi connectivity index (χ0n) is 14.0. The zero-order chi connectivity index (χ0) is 17.4. The molecule has 4 rings (SSSR count). The second-order valence-electron chi connectivity index (χ2n) is 6.86. The number of halogens is 1. The standard InChI is InChI=1S/C19H21ClN4O/c20-15-16(14(12-23-17(15)21)13-4-2-1-3-5-13)24-10-7-19(8-11-24)6-9-22-18(19)25/h1-5,12H,6-11H2,(H2,21,23)(H,22,25). The molecule has 0 atom stereocenters. The van der Waals surface area contributed by atoms with Crippen molar-refractivity contribution in [1.29, 1.82) is 0 Å². The fourth-order valence-electron chi connectivity index (χ4n) is 3.98. The molecular formula is C19H21ClN4O. The van der Waals surface area contributed by atoms with Crippen molar-refractivity contribution >= 4 is 29.0 Å². The average Bonchev–Trinajstić information content (AvgIpc) is 2.99. The van der Waals surface area contributed by atoms with E-state index in [1.165, 1.54) is 0 Å². The highest BCUT2D eigenvalue weighted by atomic mass is 35.5. The van der Waals surface area contributed by atoms with E-state index in [1.54, 1.807) is 6.20 Å². The number of carbonyl (C=O) groups excluding carboxylic acids is 1. The number of aromatic nitrogens is 1. The second-order valence-corrected chi connectivity index (χ2v) is 7.24. The Morgan fingerprint density at radius 3 is 2.52 bits per heavy atom. The molecule has 0 bridgehead atoms. The van der Waals surface area contributed by atoms with Crippen molar-refractivity contribution in [3.8, 4) is 11.1 Å². The fourth-order valence-corrected chi connectivity index (χ4v) is 4.25. The third-order valence-electron chi connectivity index (χ3n) is 5.51. The lowest BCUT2D eigenvalue weighted by molar-refractivity contribution is -0.128. The Morgan fingerprint density at radius 2 is 1.88 bits per heavy atom. The Hall–Kier alpha value is -2.27. The number of nitrogen functional groups attached to an aromatic ring is 1. The van der Waals surface area contributed by atoms with E-state index in [0.29, 0.717) is 10.8 Å². The molecule has 1 amide bonds. The molecule has 130 valence electrons. The summed E-state index contributed by atoms with van der Waals surface area (Å²) in [6.07, 6.45) is 4.40. The highest BCUT2D eigenvalue weighted by Gasteiger charge is 2.44. The first-order chi connectivity index (χ1) is 12.1. The molecule has 25 heavy (non-hydrogen) atoms. The van der Waals surface area contributed by atoms with Gasteiger partial charge in [-0.15, -0.1) is 0 Å². The number of rotatable bonds is 2. The molecule has 2 fully saturated rings. The van der Waals surface area contributed by atoms with Crippen molar-refractivity contribution in [3.05, 3.63) is 41.6 Å². The number of hydrogen-bond donors (Lipinski definition) is 2. The van der Waals surface area contributed by atoms with E-state index in [4.69, 9.17) is 17.3 Å². The maximum atomic E-state index is 12.2. The molecule has 2 aromatic rings. The Bertz CT molecular complexity index is 801. The summed E-state index contributed by atoms with van der Waals surface area (Å²) in [7, 11) is 0. The van der Waals surface area contributed by atoms with Crippen LogP contribution < -0.4 is 16.0 Å². The summed E-state index contributed by atoms with van der Waals surface area (Å²) in [5.41, 5.74) is 8.74. The summed E-state index contributed by atoms with van der Waals surface area (Å²) in [4.78, 5) is 18.7. The van der Waals surface area contributed by atoms with E-state index in [9.17, 15) is 4.79 Å². The van der Waals surface area contributed by atoms with Crippen LogP contribution in [-0.4, -0.2) is 30.5 Å².